The minimum Gasteiger partial charge on any atom is -0.366 e. The Morgan fingerprint density at radius 3 is 2.76 bits per heavy atom. The fraction of sp³-hybridized carbons (Fsp3) is 0.263. The van der Waals surface area contributed by atoms with Crippen LogP contribution >= 0.6 is 0 Å². The van der Waals surface area contributed by atoms with Crippen LogP contribution in [0.2, 0.25) is 0 Å². The third-order valence-corrected chi connectivity index (χ3v) is 4.40. The Balaban J connectivity index is 1.52. The predicted molar refractivity (Wildman–Crippen MR) is 97.3 cm³/mol. The number of hydrogen-bond acceptors (Lipinski definition) is 6. The van der Waals surface area contributed by atoms with Crippen LogP contribution in [0.3, 0.4) is 0 Å². The standard InChI is InChI=1S/C19H20N6/c1-14-23-16(17-8-10-25(17)19-7-9-20-13-22-19)11-18(24-14)21-12-15-5-3-2-4-6-15/h2-7,9,11,13,17H,8,10,12H2,1H3,(H,21,23,24). The van der Waals surface area contributed by atoms with E-state index >= 15 is 0 Å². The quantitative estimate of drug-likeness (QED) is 0.774. The molecule has 1 fully saturated rings. The average molecular weight is 332 g/mol. The highest BCUT2D eigenvalue weighted by atomic mass is 15.3. The Morgan fingerprint density at radius 1 is 1.16 bits per heavy atom. The molecule has 2 aromatic heterocycles. The molecule has 126 valence electrons. The molecule has 0 saturated carbocycles. The van der Waals surface area contributed by atoms with Crippen LogP contribution in [0, 0.1) is 6.92 Å². The van der Waals surface area contributed by atoms with E-state index in [4.69, 9.17) is 0 Å². The van der Waals surface area contributed by atoms with Gasteiger partial charge < -0.3 is 10.2 Å². The number of anilines is 2. The van der Waals surface area contributed by atoms with Crippen LogP contribution in [-0.2, 0) is 6.54 Å². The van der Waals surface area contributed by atoms with Gasteiger partial charge in [0.15, 0.2) is 0 Å². The SMILES string of the molecule is Cc1nc(NCc2ccccc2)cc(C2CCN2c2ccncn2)n1. The van der Waals surface area contributed by atoms with E-state index in [0.717, 1.165) is 42.7 Å². The van der Waals surface area contributed by atoms with E-state index in [1.165, 1.54) is 5.56 Å². The molecule has 0 amide bonds. The van der Waals surface area contributed by atoms with Gasteiger partial charge in [-0.2, -0.15) is 0 Å². The number of aryl methyl sites for hydroxylation is 1. The molecule has 3 aromatic rings. The van der Waals surface area contributed by atoms with E-state index < -0.39 is 0 Å². The van der Waals surface area contributed by atoms with Crippen molar-refractivity contribution < 1.29 is 0 Å². The maximum Gasteiger partial charge on any atom is 0.132 e. The first-order chi connectivity index (χ1) is 12.3. The summed E-state index contributed by atoms with van der Waals surface area (Å²) in [6.45, 7) is 3.67. The molecule has 4 rings (SSSR count). The van der Waals surface area contributed by atoms with E-state index in [2.05, 4.69) is 42.3 Å². The molecule has 1 N–H and O–H groups in total. The van der Waals surface area contributed by atoms with E-state index in [1.54, 1.807) is 12.5 Å². The molecule has 1 unspecified atom stereocenters. The summed E-state index contributed by atoms with van der Waals surface area (Å²) < 4.78 is 0. The lowest BCUT2D eigenvalue weighted by atomic mass is 9.99. The largest absolute Gasteiger partial charge is 0.366 e. The fourth-order valence-corrected chi connectivity index (χ4v) is 3.06. The minimum atomic E-state index is 0.244. The average Bonchev–Trinajstić information content (AvgIpc) is 2.60. The molecule has 6 nitrogen and oxygen atoms in total. The van der Waals surface area contributed by atoms with Gasteiger partial charge in [0.05, 0.1) is 11.7 Å². The summed E-state index contributed by atoms with van der Waals surface area (Å²) in [5, 5.41) is 3.40. The highest BCUT2D eigenvalue weighted by Crippen LogP contribution is 2.36. The highest BCUT2D eigenvalue weighted by molar-refractivity contribution is 5.46. The lowest BCUT2D eigenvalue weighted by Gasteiger charge is -2.41. The van der Waals surface area contributed by atoms with Crippen molar-refractivity contribution in [3.05, 3.63) is 72.1 Å². The summed E-state index contributed by atoms with van der Waals surface area (Å²) in [6.07, 6.45) is 4.43. The summed E-state index contributed by atoms with van der Waals surface area (Å²) in [5.74, 6) is 2.59. The van der Waals surface area contributed by atoms with Crippen molar-refractivity contribution in [1.82, 2.24) is 19.9 Å². The first-order valence-corrected chi connectivity index (χ1v) is 8.45. The second-order valence-electron chi connectivity index (χ2n) is 6.13. The van der Waals surface area contributed by atoms with Gasteiger partial charge in [-0.3, -0.25) is 0 Å². The van der Waals surface area contributed by atoms with Crippen LogP contribution in [-0.4, -0.2) is 26.5 Å². The molecule has 0 radical (unpaired) electrons. The van der Waals surface area contributed by atoms with Crippen molar-refractivity contribution in [2.75, 3.05) is 16.8 Å². The van der Waals surface area contributed by atoms with Gasteiger partial charge in [0.2, 0.25) is 0 Å². The van der Waals surface area contributed by atoms with Crippen molar-refractivity contribution in [3.63, 3.8) is 0 Å². The molecule has 0 bridgehead atoms. The lowest BCUT2D eigenvalue weighted by molar-refractivity contribution is 0.449. The van der Waals surface area contributed by atoms with Crippen molar-refractivity contribution >= 4 is 11.6 Å². The maximum atomic E-state index is 4.65. The Kier molecular flexibility index (Phi) is 4.24. The normalized spacial score (nSPS) is 16.4. The first-order valence-electron chi connectivity index (χ1n) is 8.45. The van der Waals surface area contributed by atoms with Gasteiger partial charge in [0.25, 0.3) is 0 Å². The number of nitrogens with zero attached hydrogens (tertiary/aromatic N) is 5. The van der Waals surface area contributed by atoms with E-state index in [0.29, 0.717) is 0 Å². The Labute approximate surface area is 147 Å². The van der Waals surface area contributed by atoms with Crippen LogP contribution in [0.5, 0.6) is 0 Å². The van der Waals surface area contributed by atoms with Crippen LogP contribution in [0.15, 0.2) is 55.0 Å². The maximum absolute atomic E-state index is 4.65. The molecule has 1 aromatic carbocycles. The first kappa shape index (κ1) is 15.5. The molecular formula is C19H20N6. The molecular weight excluding hydrogens is 312 g/mol. The smallest absolute Gasteiger partial charge is 0.132 e. The Bertz CT molecular complexity index is 837. The van der Waals surface area contributed by atoms with Gasteiger partial charge in [0.1, 0.15) is 23.8 Å². The summed E-state index contributed by atoms with van der Waals surface area (Å²) in [6, 6.07) is 14.5. The highest BCUT2D eigenvalue weighted by Gasteiger charge is 2.32. The van der Waals surface area contributed by atoms with Gasteiger partial charge in [-0.25, -0.2) is 19.9 Å². The van der Waals surface area contributed by atoms with Gasteiger partial charge in [-0.1, -0.05) is 30.3 Å². The summed E-state index contributed by atoms with van der Waals surface area (Å²) in [5.41, 5.74) is 2.26. The molecule has 0 spiro atoms. The lowest BCUT2D eigenvalue weighted by Crippen LogP contribution is -2.42. The van der Waals surface area contributed by atoms with Crippen LogP contribution in [0.4, 0.5) is 11.6 Å². The molecule has 0 aliphatic carbocycles. The van der Waals surface area contributed by atoms with E-state index in [-0.39, 0.29) is 6.04 Å². The van der Waals surface area contributed by atoms with Crippen molar-refractivity contribution in [1.29, 1.82) is 0 Å². The molecule has 25 heavy (non-hydrogen) atoms. The van der Waals surface area contributed by atoms with E-state index in [9.17, 15) is 0 Å². The second kappa shape index (κ2) is 6.84. The summed E-state index contributed by atoms with van der Waals surface area (Å²) >= 11 is 0. The fourth-order valence-electron chi connectivity index (χ4n) is 3.06. The topological polar surface area (TPSA) is 66.8 Å². The molecule has 1 atom stereocenters. The van der Waals surface area contributed by atoms with Gasteiger partial charge in [-0.15, -0.1) is 0 Å². The molecule has 6 heteroatoms. The van der Waals surface area contributed by atoms with Crippen molar-refractivity contribution in [2.45, 2.75) is 25.9 Å². The third-order valence-electron chi connectivity index (χ3n) is 4.40. The zero-order chi connectivity index (χ0) is 17.1. The number of rotatable bonds is 5. The third kappa shape index (κ3) is 3.42. The van der Waals surface area contributed by atoms with Gasteiger partial charge >= 0.3 is 0 Å². The molecule has 3 heterocycles. The van der Waals surface area contributed by atoms with Gasteiger partial charge in [-0.05, 0) is 25.0 Å². The van der Waals surface area contributed by atoms with E-state index in [1.807, 2.05) is 37.3 Å². The van der Waals surface area contributed by atoms with Crippen LogP contribution in [0.1, 0.15) is 29.5 Å². The van der Waals surface area contributed by atoms with Crippen LogP contribution < -0.4 is 10.2 Å². The van der Waals surface area contributed by atoms with Crippen molar-refractivity contribution in [2.24, 2.45) is 0 Å². The minimum absolute atomic E-state index is 0.244. The number of nitrogens with one attached hydrogen (secondary N) is 1. The van der Waals surface area contributed by atoms with Crippen LogP contribution in [0.25, 0.3) is 0 Å². The summed E-state index contributed by atoms with van der Waals surface area (Å²) in [7, 11) is 0. The summed E-state index contributed by atoms with van der Waals surface area (Å²) in [4.78, 5) is 19.8. The Morgan fingerprint density at radius 2 is 2.04 bits per heavy atom. The number of aromatic nitrogens is 4. The number of hydrogen-bond donors (Lipinski definition) is 1. The monoisotopic (exact) mass is 332 g/mol. The zero-order valence-corrected chi connectivity index (χ0v) is 14.1. The molecule has 1 aliphatic heterocycles. The predicted octanol–water partition coefficient (Wildman–Crippen LogP) is 3.14. The molecule has 1 aliphatic rings. The Hall–Kier alpha value is -3.02. The van der Waals surface area contributed by atoms with Gasteiger partial charge in [0, 0.05) is 25.4 Å². The molecule has 1 saturated heterocycles. The zero-order valence-electron chi connectivity index (χ0n) is 14.1. The van der Waals surface area contributed by atoms with Crippen molar-refractivity contribution in [3.8, 4) is 0 Å². The second-order valence-corrected chi connectivity index (χ2v) is 6.13. The number of benzene rings is 1.